The van der Waals surface area contributed by atoms with Crippen LogP contribution in [0.3, 0.4) is 0 Å². The van der Waals surface area contributed by atoms with Crippen molar-refractivity contribution in [3.63, 3.8) is 0 Å². The largest absolute Gasteiger partial charge is 0.586 e. The van der Waals surface area contributed by atoms with Gasteiger partial charge in [0, 0.05) is 11.6 Å². The fraction of sp³-hybridized carbons (Fsp3) is 0.353. The van der Waals surface area contributed by atoms with Crippen LogP contribution in [0.5, 0.6) is 23.0 Å². The van der Waals surface area contributed by atoms with Gasteiger partial charge in [0.1, 0.15) is 29.3 Å². The Hall–Kier alpha value is -4.81. The first-order valence-electron chi connectivity index (χ1n) is 14.9. The number of esters is 1. The van der Waals surface area contributed by atoms with Gasteiger partial charge in [0.05, 0.1) is 16.9 Å². The average Bonchev–Trinajstić information content (AvgIpc) is 3.53. The maximum absolute atomic E-state index is 14.2. The first-order valence-corrected chi connectivity index (χ1v) is 14.9. The molecule has 2 atom stereocenters. The molecule has 0 saturated heterocycles. The van der Waals surface area contributed by atoms with Crippen LogP contribution >= 0.6 is 0 Å². The van der Waals surface area contributed by atoms with Crippen LogP contribution in [0.2, 0.25) is 0 Å². The van der Waals surface area contributed by atoms with E-state index in [9.17, 15) is 26.7 Å². The Morgan fingerprint density at radius 2 is 1.70 bits per heavy atom. The van der Waals surface area contributed by atoms with Crippen LogP contribution in [-0.2, 0) is 17.3 Å². The van der Waals surface area contributed by atoms with Crippen molar-refractivity contribution in [3.8, 4) is 28.7 Å². The molecule has 3 aromatic carbocycles. The molecule has 2 heterocycles. The maximum Gasteiger partial charge on any atom is 0.586 e. The van der Waals surface area contributed by atoms with E-state index in [0.717, 1.165) is 0 Å². The average molecular weight is 659 g/mol. The van der Waals surface area contributed by atoms with Gasteiger partial charge in [-0.2, -0.15) is 18.3 Å². The van der Waals surface area contributed by atoms with Crippen molar-refractivity contribution < 1.29 is 50.4 Å². The second kappa shape index (κ2) is 11.8. The third-order valence-electron chi connectivity index (χ3n) is 7.53. The zero-order chi connectivity index (χ0) is 33.7. The zero-order valence-electron chi connectivity index (χ0n) is 25.9. The molecule has 2 unspecified atom stereocenters. The van der Waals surface area contributed by atoms with Gasteiger partial charge in [-0.3, -0.25) is 0 Å². The number of carbonyl (C=O) groups excluding carboxylic acids is 1. The lowest BCUT2D eigenvalue weighted by atomic mass is 9.93. The monoisotopic (exact) mass is 658 g/mol. The summed E-state index contributed by atoms with van der Waals surface area (Å²) < 4.78 is 97.5. The molecule has 2 aliphatic rings. The molecular formula is C34H31F5N2O6. The van der Waals surface area contributed by atoms with E-state index in [1.54, 1.807) is 82.3 Å². The fourth-order valence-corrected chi connectivity index (χ4v) is 5.53. The van der Waals surface area contributed by atoms with Crippen molar-refractivity contribution in [2.45, 2.75) is 77.2 Å². The summed E-state index contributed by atoms with van der Waals surface area (Å²) in [4.78, 5) is 12.4. The van der Waals surface area contributed by atoms with Crippen LogP contribution in [0.4, 0.5) is 22.0 Å². The van der Waals surface area contributed by atoms with Gasteiger partial charge in [-0.15, -0.1) is 8.78 Å². The lowest BCUT2D eigenvalue weighted by molar-refractivity contribution is -0.286. The third kappa shape index (κ3) is 6.98. The Labute approximate surface area is 266 Å². The van der Waals surface area contributed by atoms with E-state index < -0.39 is 41.9 Å². The Balaban J connectivity index is 1.28. The number of hydrogen-bond acceptors (Lipinski definition) is 7. The first-order chi connectivity index (χ1) is 22.1. The Morgan fingerprint density at radius 1 is 0.979 bits per heavy atom. The maximum atomic E-state index is 14.2. The summed E-state index contributed by atoms with van der Waals surface area (Å²) in [5.74, 6) is -0.0724. The molecule has 1 aliphatic carbocycles. The standard InChI is InChI=1S/C34H31F5N2O6/c1-19(21-13-16-26-28(17-21)46-34(38,39)45-26)43-24-8-5-7-22(18-24)41-29-25(30(40-41)33(35,36)37)9-6-10-27(29)44-23-14-11-20(12-15-23)31(42)47-32(2,3)4/h5,7-8,11-19,27H,6,9-10H2,1-4H3. The highest BCUT2D eigenvalue weighted by Crippen LogP contribution is 2.44. The molecule has 0 fully saturated rings. The van der Waals surface area contributed by atoms with Crippen LogP contribution < -0.4 is 18.9 Å². The number of aromatic nitrogens is 2. The smallest absolute Gasteiger partial charge is 0.486 e. The van der Waals surface area contributed by atoms with Crippen molar-refractivity contribution in [1.82, 2.24) is 9.78 Å². The molecule has 8 nitrogen and oxygen atoms in total. The number of nitrogens with zero attached hydrogens (tertiary/aromatic N) is 2. The Morgan fingerprint density at radius 3 is 2.40 bits per heavy atom. The predicted molar refractivity (Wildman–Crippen MR) is 158 cm³/mol. The molecule has 13 heteroatoms. The van der Waals surface area contributed by atoms with E-state index in [2.05, 4.69) is 14.6 Å². The summed E-state index contributed by atoms with van der Waals surface area (Å²) in [7, 11) is 0. The van der Waals surface area contributed by atoms with E-state index in [1.807, 2.05) is 0 Å². The number of carbonyl (C=O) groups is 1. The summed E-state index contributed by atoms with van der Waals surface area (Å²) in [5, 5.41) is 4.02. The van der Waals surface area contributed by atoms with Gasteiger partial charge >= 0.3 is 18.4 Å². The molecule has 0 radical (unpaired) electrons. The van der Waals surface area contributed by atoms with Gasteiger partial charge in [-0.25, -0.2) is 9.48 Å². The van der Waals surface area contributed by atoms with Gasteiger partial charge in [-0.05, 0) is 101 Å². The molecular weight excluding hydrogens is 627 g/mol. The van der Waals surface area contributed by atoms with E-state index in [4.69, 9.17) is 14.2 Å². The number of fused-ring (bicyclic) bond motifs is 2. The highest BCUT2D eigenvalue weighted by Gasteiger charge is 2.44. The molecule has 0 saturated carbocycles. The van der Waals surface area contributed by atoms with Gasteiger partial charge in [0.25, 0.3) is 0 Å². The van der Waals surface area contributed by atoms with Crippen molar-refractivity contribution >= 4 is 5.97 Å². The highest BCUT2D eigenvalue weighted by molar-refractivity contribution is 5.89. The van der Waals surface area contributed by atoms with Crippen LogP contribution in [0.15, 0.2) is 66.7 Å². The van der Waals surface area contributed by atoms with Gasteiger partial charge < -0.3 is 23.7 Å². The highest BCUT2D eigenvalue weighted by atomic mass is 19.4. The van der Waals surface area contributed by atoms with Crippen LogP contribution in [-0.4, -0.2) is 27.6 Å². The molecule has 0 amide bonds. The number of rotatable bonds is 7. The minimum Gasteiger partial charge on any atom is -0.486 e. The molecule has 4 aromatic rings. The van der Waals surface area contributed by atoms with E-state index in [-0.39, 0.29) is 29.2 Å². The molecule has 1 aliphatic heterocycles. The SMILES string of the molecule is CC(Oc1cccc(-n2nc(C(F)(F)F)c3c2C(Oc2ccc(C(=O)OC(C)(C)C)cc2)CCC3)c1)c1ccc2c(c1)OC(F)(F)O2. The van der Waals surface area contributed by atoms with Crippen molar-refractivity contribution in [3.05, 3.63) is 94.8 Å². The number of alkyl halides is 5. The van der Waals surface area contributed by atoms with Crippen molar-refractivity contribution in [1.29, 1.82) is 0 Å². The Kier molecular flexibility index (Phi) is 8.05. The minimum atomic E-state index is -4.70. The van der Waals surface area contributed by atoms with Gasteiger partial charge in [0.15, 0.2) is 17.2 Å². The molecule has 6 rings (SSSR count). The number of hydrogen-bond donors (Lipinski definition) is 0. The van der Waals surface area contributed by atoms with Crippen molar-refractivity contribution in [2.24, 2.45) is 0 Å². The Bertz CT molecular complexity index is 1800. The van der Waals surface area contributed by atoms with E-state index >= 15 is 0 Å². The summed E-state index contributed by atoms with van der Waals surface area (Å²) in [5.41, 5.74) is -0.215. The lowest BCUT2D eigenvalue weighted by Gasteiger charge is -2.26. The quantitative estimate of drug-likeness (QED) is 0.145. The minimum absolute atomic E-state index is 0.0518. The zero-order valence-corrected chi connectivity index (χ0v) is 25.9. The fourth-order valence-electron chi connectivity index (χ4n) is 5.53. The summed E-state index contributed by atoms with van der Waals surface area (Å²) in [6, 6.07) is 16.9. The summed E-state index contributed by atoms with van der Waals surface area (Å²) >= 11 is 0. The van der Waals surface area contributed by atoms with Crippen LogP contribution in [0, 0.1) is 0 Å². The number of benzene rings is 3. The summed E-state index contributed by atoms with van der Waals surface area (Å²) in [6.07, 6.45) is -8.84. The molecule has 0 bridgehead atoms. The number of halogens is 5. The molecule has 47 heavy (non-hydrogen) atoms. The normalized spacial score (nSPS) is 17.5. The molecule has 1 aromatic heterocycles. The van der Waals surface area contributed by atoms with Gasteiger partial charge in [0.2, 0.25) is 0 Å². The lowest BCUT2D eigenvalue weighted by Crippen LogP contribution is -2.25. The molecule has 0 N–H and O–H groups in total. The van der Waals surface area contributed by atoms with Crippen LogP contribution in [0.25, 0.3) is 5.69 Å². The third-order valence-corrected chi connectivity index (χ3v) is 7.53. The first kappa shape index (κ1) is 32.1. The van der Waals surface area contributed by atoms with Crippen molar-refractivity contribution in [2.75, 3.05) is 0 Å². The second-order valence-electron chi connectivity index (χ2n) is 12.3. The predicted octanol–water partition coefficient (Wildman–Crippen LogP) is 8.76. The molecule has 0 spiro atoms. The second-order valence-corrected chi connectivity index (χ2v) is 12.3. The van der Waals surface area contributed by atoms with E-state index in [1.165, 1.54) is 16.8 Å². The van der Waals surface area contributed by atoms with E-state index in [0.29, 0.717) is 41.2 Å². The molecule has 248 valence electrons. The van der Waals surface area contributed by atoms with Gasteiger partial charge in [-0.1, -0.05) is 12.1 Å². The number of ether oxygens (including phenoxy) is 5. The topological polar surface area (TPSA) is 81.0 Å². The van der Waals surface area contributed by atoms with Crippen LogP contribution in [0.1, 0.15) is 85.6 Å². The summed E-state index contributed by atoms with van der Waals surface area (Å²) in [6.45, 7) is 6.97.